The molecular weight excluding hydrogens is 1360 g/mol. The van der Waals surface area contributed by atoms with Gasteiger partial charge < -0.3 is 65.5 Å². The van der Waals surface area contributed by atoms with E-state index in [1.807, 2.05) is 61.8 Å². The van der Waals surface area contributed by atoms with E-state index in [2.05, 4.69) is 41.3 Å². The SMILES string of the molecule is CCN(CC)c1ccc(N=Nc2nc(N3CCOCC3)c(C=C(C(C)=O)C(=O)Nc3ccc(S(=O)(=O)O)cc3)s2)c(Nc2nc(Nc3cc(N(CC)CC)ccc3N=Nc3nc(N4CCOCC4)c(/C=C(\C(C)=O)C(=O)Nc4ccc(S(=O)(=O)O)cc4)s3)nc(N(CCO)CCO)n2)c1. The number of amides is 2. The van der Waals surface area contributed by atoms with Crippen molar-refractivity contribution in [3.05, 3.63) is 106 Å². The van der Waals surface area contributed by atoms with Crippen molar-refractivity contribution in [3.63, 3.8) is 0 Å². The molecule has 0 radical (unpaired) electrons. The number of ether oxygens (including phenoxy) is 2. The summed E-state index contributed by atoms with van der Waals surface area (Å²) in [7, 11) is -9.01. The fourth-order valence-electron chi connectivity index (χ4n) is 10.2. The van der Waals surface area contributed by atoms with Gasteiger partial charge in [0.1, 0.15) is 23.0 Å². The molecule has 2 fully saturated rings. The summed E-state index contributed by atoms with van der Waals surface area (Å²) < 4.78 is 76.8. The van der Waals surface area contributed by atoms with Crippen LogP contribution in [0.5, 0.6) is 0 Å². The summed E-state index contributed by atoms with van der Waals surface area (Å²) in [4.78, 5) is 87.8. The van der Waals surface area contributed by atoms with Crippen molar-refractivity contribution in [2.75, 3.05) is 151 Å². The molecular formula is C63H74N18O14S4. The van der Waals surface area contributed by atoms with Crippen molar-refractivity contribution in [1.82, 2.24) is 24.9 Å². The number of aliphatic hydroxyl groups excluding tert-OH is 2. The van der Waals surface area contributed by atoms with E-state index < -0.39 is 43.6 Å². The number of morpholine rings is 2. The van der Waals surface area contributed by atoms with Crippen LogP contribution < -0.4 is 45.8 Å². The van der Waals surface area contributed by atoms with Crippen LogP contribution in [0.25, 0.3) is 12.2 Å². The number of azo groups is 2. The minimum absolute atomic E-state index is 0.00651. The van der Waals surface area contributed by atoms with Gasteiger partial charge in [0.25, 0.3) is 32.1 Å². The van der Waals surface area contributed by atoms with E-state index in [0.29, 0.717) is 123 Å². The summed E-state index contributed by atoms with van der Waals surface area (Å²) in [6.45, 7) is 15.7. The van der Waals surface area contributed by atoms with E-state index in [-0.39, 0.29) is 86.7 Å². The Morgan fingerprint density at radius 3 is 1.24 bits per heavy atom. The topological polar surface area (TPSA) is 414 Å². The molecule has 2 aliphatic rings. The highest BCUT2D eigenvalue weighted by atomic mass is 32.2. The van der Waals surface area contributed by atoms with E-state index in [1.54, 1.807) is 17.0 Å². The Kier molecular flexibility index (Phi) is 25.1. The van der Waals surface area contributed by atoms with Crippen LogP contribution in [0.15, 0.2) is 126 Å². The van der Waals surface area contributed by atoms with Gasteiger partial charge in [0, 0.05) is 88.2 Å². The van der Waals surface area contributed by atoms with Crippen LogP contribution in [0, 0.1) is 0 Å². The summed E-state index contributed by atoms with van der Waals surface area (Å²) in [5.41, 5.74) is 2.80. The summed E-state index contributed by atoms with van der Waals surface area (Å²) in [5, 5.41) is 51.4. The Morgan fingerprint density at radius 2 is 0.909 bits per heavy atom. The van der Waals surface area contributed by atoms with Gasteiger partial charge in [-0.15, -0.1) is 20.5 Å². The molecule has 524 valence electrons. The number of nitrogens with one attached hydrogen (secondary N) is 4. The molecule has 7 aromatic rings. The third kappa shape index (κ3) is 19.4. The Bertz CT molecular complexity index is 4140. The van der Waals surface area contributed by atoms with Crippen LogP contribution in [0.2, 0.25) is 0 Å². The van der Waals surface area contributed by atoms with Gasteiger partial charge in [0.15, 0.2) is 11.6 Å². The molecule has 4 aromatic carbocycles. The maximum Gasteiger partial charge on any atom is 0.294 e. The van der Waals surface area contributed by atoms with E-state index >= 15 is 0 Å². The van der Waals surface area contributed by atoms with Crippen LogP contribution in [-0.2, 0) is 48.9 Å². The number of nitrogens with zero attached hydrogens (tertiary/aromatic N) is 14. The van der Waals surface area contributed by atoms with E-state index in [1.165, 1.54) is 50.3 Å². The predicted molar refractivity (Wildman–Crippen MR) is 379 cm³/mol. The maximum absolute atomic E-state index is 13.7. The van der Waals surface area contributed by atoms with E-state index in [9.17, 15) is 55.3 Å². The molecule has 9 rings (SSSR count). The van der Waals surface area contributed by atoms with Gasteiger partial charge in [0.2, 0.25) is 28.1 Å². The smallest absolute Gasteiger partial charge is 0.294 e. The second kappa shape index (κ2) is 33.8. The molecule has 3 aromatic heterocycles. The van der Waals surface area contributed by atoms with Gasteiger partial charge in [0.05, 0.1) is 81.7 Å². The fourth-order valence-corrected chi connectivity index (χ4v) is 12.9. The van der Waals surface area contributed by atoms with Gasteiger partial charge in [-0.05, 0) is 139 Å². The Hall–Kier alpha value is -9.63. The third-order valence-corrected chi connectivity index (χ3v) is 18.8. The molecule has 2 saturated heterocycles. The number of carbonyl (C=O) groups excluding carboxylic acids is 4. The maximum atomic E-state index is 13.7. The van der Waals surface area contributed by atoms with Gasteiger partial charge in [-0.25, -0.2) is 0 Å². The standard InChI is InChI=1S/C63H74N18O14S4/c1-7-77(8-2)43-15-21-49(73-75-62-68-55(79-25-31-94-32-26-79)53(96-62)37-47(39(5)84)57(86)64-41-11-17-45(18-12-41)98(88,89)90)51(35-43)66-59-70-60(72-61(71-59)81(23-29-82)24-30-83)67-52-36-44(78(9-3)10-4)16-22-50(52)74-76-63-69-56(80-27-33-95-34-28-80)54(97-63)38-48(40(6)85)58(87)65-42-13-19-46(20-14-42)99(91,92)93/h11-22,35-38,82-83H,7-10,23-34H2,1-6H3,(H,64,86)(H,65,87)(H,88,89,90)(H,91,92,93)(H2,66,67,70,71,72)/b47-37+,48-38?,75-73?,76-74?. The van der Waals surface area contributed by atoms with Crippen LogP contribution in [-0.4, -0.2) is 190 Å². The fraction of sp³-hybridized carbons (Fsp3) is 0.349. The molecule has 0 atom stereocenters. The number of hydrogen-bond donors (Lipinski definition) is 8. The molecule has 0 bridgehead atoms. The highest BCUT2D eigenvalue weighted by Crippen LogP contribution is 2.41. The van der Waals surface area contributed by atoms with Gasteiger partial charge >= 0.3 is 0 Å². The lowest BCUT2D eigenvalue weighted by molar-refractivity contribution is -0.120. The monoisotopic (exact) mass is 1430 g/mol. The number of thiazole rings is 2. The zero-order valence-electron chi connectivity index (χ0n) is 54.8. The Balaban J connectivity index is 1.08. The first-order valence-corrected chi connectivity index (χ1v) is 35.8. The summed E-state index contributed by atoms with van der Waals surface area (Å²) >= 11 is 2.13. The lowest BCUT2D eigenvalue weighted by atomic mass is 10.1. The lowest BCUT2D eigenvalue weighted by Crippen LogP contribution is -2.36. The molecule has 32 nitrogen and oxygen atoms in total. The van der Waals surface area contributed by atoms with E-state index in [4.69, 9.17) is 44.6 Å². The van der Waals surface area contributed by atoms with Crippen molar-refractivity contribution in [3.8, 4) is 0 Å². The minimum Gasteiger partial charge on any atom is -0.395 e. The zero-order valence-corrected chi connectivity index (χ0v) is 58.1. The average molecular weight is 1440 g/mol. The second-order valence-electron chi connectivity index (χ2n) is 21.8. The lowest BCUT2D eigenvalue weighted by Gasteiger charge is -2.27. The average Bonchev–Trinajstić information content (AvgIpc) is 1.74. The molecule has 99 heavy (non-hydrogen) atoms. The second-order valence-corrected chi connectivity index (χ2v) is 26.7. The van der Waals surface area contributed by atoms with Crippen molar-refractivity contribution < 1.29 is 64.8 Å². The highest BCUT2D eigenvalue weighted by molar-refractivity contribution is 7.86. The van der Waals surface area contributed by atoms with Crippen molar-refractivity contribution in [2.24, 2.45) is 20.5 Å². The molecule has 2 amide bonds. The number of benzene rings is 4. The van der Waals surface area contributed by atoms with Crippen LogP contribution in [0.4, 0.5) is 85.2 Å². The number of rotatable bonds is 31. The number of aliphatic hydroxyl groups is 2. The summed E-state index contributed by atoms with van der Waals surface area (Å²) in [6.07, 6.45) is 2.82. The number of anilines is 11. The molecule has 2 aliphatic heterocycles. The third-order valence-electron chi connectivity index (χ3n) is 15.3. The normalized spacial score (nSPS) is 14.0. The molecule has 5 heterocycles. The zero-order chi connectivity index (χ0) is 71.0. The Labute approximate surface area is 578 Å². The molecule has 0 aliphatic carbocycles. The largest absolute Gasteiger partial charge is 0.395 e. The summed E-state index contributed by atoms with van der Waals surface area (Å²) in [5.74, 6) is -1.85. The number of aromatic nitrogens is 5. The van der Waals surface area contributed by atoms with E-state index in [0.717, 1.165) is 58.3 Å². The first-order chi connectivity index (χ1) is 47.5. The molecule has 0 spiro atoms. The molecule has 8 N–H and O–H groups in total. The van der Waals surface area contributed by atoms with Crippen LogP contribution in [0.3, 0.4) is 0 Å². The number of Topliss-reactive ketones (excluding diaryl/α,β-unsaturated/α-hetero) is 2. The van der Waals surface area contributed by atoms with Crippen molar-refractivity contribution in [1.29, 1.82) is 0 Å². The molecule has 0 unspecified atom stereocenters. The predicted octanol–water partition coefficient (Wildman–Crippen LogP) is 8.97. The van der Waals surface area contributed by atoms with Gasteiger partial charge in [-0.1, -0.05) is 22.7 Å². The van der Waals surface area contributed by atoms with Crippen molar-refractivity contribution >= 4 is 164 Å². The first-order valence-electron chi connectivity index (χ1n) is 31.3. The van der Waals surface area contributed by atoms with Crippen LogP contribution in [0.1, 0.15) is 51.3 Å². The molecule has 0 saturated carbocycles. The van der Waals surface area contributed by atoms with Gasteiger partial charge in [-0.2, -0.15) is 41.8 Å². The number of ketones is 2. The van der Waals surface area contributed by atoms with Crippen molar-refractivity contribution in [2.45, 2.75) is 51.3 Å². The Morgan fingerprint density at radius 1 is 0.535 bits per heavy atom. The molecule has 36 heteroatoms. The first kappa shape index (κ1) is 73.6. The number of carbonyl (C=O) groups is 4. The van der Waals surface area contributed by atoms with Gasteiger partial charge in [-0.3, -0.25) is 28.3 Å². The summed E-state index contributed by atoms with van der Waals surface area (Å²) in [6, 6.07) is 20.5. The quantitative estimate of drug-likeness (QED) is 0.00660. The van der Waals surface area contributed by atoms with Crippen LogP contribution >= 0.6 is 22.7 Å². The highest BCUT2D eigenvalue weighted by Gasteiger charge is 2.27. The number of hydrogen-bond acceptors (Lipinski definition) is 30. The minimum atomic E-state index is -4.50.